The Hall–Kier alpha value is -2.14. The van der Waals surface area contributed by atoms with E-state index < -0.39 is 16.8 Å². The monoisotopic (exact) mass is 304 g/mol. The van der Waals surface area contributed by atoms with Gasteiger partial charge in [-0.15, -0.1) is 0 Å². The average molecular weight is 304 g/mol. The highest BCUT2D eigenvalue weighted by atomic mass is 32.2. The van der Waals surface area contributed by atoms with Gasteiger partial charge in [0.1, 0.15) is 5.75 Å². The second kappa shape index (κ2) is 7.04. The minimum atomic E-state index is -1.31. The molecule has 0 amide bonds. The van der Waals surface area contributed by atoms with Crippen molar-refractivity contribution < 1.29 is 18.5 Å². The van der Waals surface area contributed by atoms with E-state index in [9.17, 15) is 9.00 Å². The predicted octanol–water partition coefficient (Wildman–Crippen LogP) is 2.79. The molecule has 4 nitrogen and oxygen atoms in total. The van der Waals surface area contributed by atoms with Crippen molar-refractivity contribution in [2.45, 2.75) is 10.6 Å². The Morgan fingerprint density at radius 1 is 1.05 bits per heavy atom. The standard InChI is InChI=1S/C16H16O4S/c1-19-14-9-5-6-10-15(14)21(18)11-12-7-3-4-8-13(12)16(17)20-2/h3-10H,11H2,1-2H3. The summed E-state index contributed by atoms with van der Waals surface area (Å²) in [5.41, 5.74) is 1.12. The number of benzene rings is 2. The second-order valence-electron chi connectivity index (χ2n) is 4.29. The summed E-state index contributed by atoms with van der Waals surface area (Å²) < 4.78 is 22.5. The summed E-state index contributed by atoms with van der Waals surface area (Å²) in [4.78, 5) is 12.3. The topological polar surface area (TPSA) is 52.6 Å². The molecule has 0 bridgehead atoms. The lowest BCUT2D eigenvalue weighted by atomic mass is 10.1. The lowest BCUT2D eigenvalue weighted by molar-refractivity contribution is 0.0600. The maximum absolute atomic E-state index is 12.5. The first kappa shape index (κ1) is 15.3. The highest BCUT2D eigenvalue weighted by molar-refractivity contribution is 7.84. The molecule has 0 radical (unpaired) electrons. The largest absolute Gasteiger partial charge is 0.495 e. The molecule has 0 saturated heterocycles. The van der Waals surface area contributed by atoms with Crippen molar-refractivity contribution in [2.75, 3.05) is 14.2 Å². The quantitative estimate of drug-likeness (QED) is 0.797. The van der Waals surface area contributed by atoms with Crippen molar-refractivity contribution in [1.82, 2.24) is 0 Å². The molecule has 0 saturated carbocycles. The zero-order valence-electron chi connectivity index (χ0n) is 11.9. The molecule has 0 heterocycles. The van der Waals surface area contributed by atoms with Crippen LogP contribution in [-0.2, 0) is 21.3 Å². The van der Waals surface area contributed by atoms with Crippen molar-refractivity contribution in [1.29, 1.82) is 0 Å². The molecule has 110 valence electrons. The number of carbonyl (C=O) groups is 1. The normalized spacial score (nSPS) is 11.7. The van der Waals surface area contributed by atoms with Crippen molar-refractivity contribution in [3.05, 3.63) is 59.7 Å². The molecule has 5 heteroatoms. The molecular weight excluding hydrogens is 288 g/mol. The molecule has 2 aromatic rings. The van der Waals surface area contributed by atoms with Crippen LogP contribution < -0.4 is 4.74 Å². The summed E-state index contributed by atoms with van der Waals surface area (Å²) >= 11 is 0. The number of ether oxygens (including phenoxy) is 2. The molecule has 0 aliphatic heterocycles. The molecular formula is C16H16O4S. The lowest BCUT2D eigenvalue weighted by Crippen LogP contribution is -2.08. The molecule has 0 fully saturated rings. The van der Waals surface area contributed by atoms with Crippen LogP contribution in [0.5, 0.6) is 5.75 Å². The van der Waals surface area contributed by atoms with E-state index in [1.807, 2.05) is 12.1 Å². The van der Waals surface area contributed by atoms with Crippen molar-refractivity contribution >= 4 is 16.8 Å². The van der Waals surface area contributed by atoms with E-state index in [-0.39, 0.29) is 5.75 Å². The molecule has 1 atom stereocenters. The molecule has 0 aromatic heterocycles. The van der Waals surface area contributed by atoms with Crippen LogP contribution in [0, 0.1) is 0 Å². The number of carbonyl (C=O) groups excluding carboxylic acids is 1. The summed E-state index contributed by atoms with van der Waals surface area (Å²) in [6.07, 6.45) is 0. The van der Waals surface area contributed by atoms with E-state index in [1.165, 1.54) is 7.11 Å². The molecule has 0 N–H and O–H groups in total. The fourth-order valence-electron chi connectivity index (χ4n) is 1.98. The first-order valence-electron chi connectivity index (χ1n) is 6.35. The third kappa shape index (κ3) is 3.49. The Balaban J connectivity index is 2.30. The average Bonchev–Trinajstić information content (AvgIpc) is 2.54. The van der Waals surface area contributed by atoms with Gasteiger partial charge in [0.2, 0.25) is 0 Å². The second-order valence-corrected chi connectivity index (χ2v) is 5.71. The van der Waals surface area contributed by atoms with Crippen LogP contribution >= 0.6 is 0 Å². The number of para-hydroxylation sites is 1. The van der Waals surface area contributed by atoms with Crippen LogP contribution in [0.1, 0.15) is 15.9 Å². The molecule has 21 heavy (non-hydrogen) atoms. The van der Waals surface area contributed by atoms with Gasteiger partial charge in [-0.1, -0.05) is 30.3 Å². The molecule has 0 aliphatic carbocycles. The van der Waals surface area contributed by atoms with Gasteiger partial charge in [-0.05, 0) is 23.8 Å². The Labute approximate surface area is 126 Å². The summed E-state index contributed by atoms with van der Waals surface area (Å²) in [7, 11) is 1.56. The zero-order valence-corrected chi connectivity index (χ0v) is 12.7. The van der Waals surface area contributed by atoms with Crippen LogP contribution in [0.2, 0.25) is 0 Å². The van der Waals surface area contributed by atoms with E-state index in [0.717, 1.165) is 0 Å². The van der Waals surface area contributed by atoms with Crippen molar-refractivity contribution in [2.24, 2.45) is 0 Å². The fourth-order valence-corrected chi connectivity index (χ4v) is 3.28. The maximum atomic E-state index is 12.5. The van der Waals surface area contributed by atoms with Crippen LogP contribution in [0.15, 0.2) is 53.4 Å². The van der Waals surface area contributed by atoms with Gasteiger partial charge in [0.15, 0.2) is 0 Å². The molecule has 2 rings (SSSR count). The maximum Gasteiger partial charge on any atom is 0.338 e. The van der Waals surface area contributed by atoms with E-state index in [4.69, 9.17) is 9.47 Å². The van der Waals surface area contributed by atoms with Crippen LogP contribution in [-0.4, -0.2) is 24.4 Å². The van der Waals surface area contributed by atoms with Crippen LogP contribution in [0.25, 0.3) is 0 Å². The van der Waals surface area contributed by atoms with Gasteiger partial charge in [0, 0.05) is 0 Å². The van der Waals surface area contributed by atoms with Gasteiger partial charge in [-0.25, -0.2) is 4.79 Å². The van der Waals surface area contributed by atoms with E-state index >= 15 is 0 Å². The van der Waals surface area contributed by atoms with Crippen molar-refractivity contribution in [3.63, 3.8) is 0 Å². The van der Waals surface area contributed by atoms with Gasteiger partial charge in [0.05, 0.1) is 41.2 Å². The Kier molecular flexibility index (Phi) is 5.11. The van der Waals surface area contributed by atoms with Crippen LogP contribution in [0.4, 0.5) is 0 Å². The third-order valence-electron chi connectivity index (χ3n) is 3.02. The SMILES string of the molecule is COC(=O)c1ccccc1CS(=O)c1ccccc1OC. The van der Waals surface area contributed by atoms with Crippen molar-refractivity contribution in [3.8, 4) is 5.75 Å². The van der Waals surface area contributed by atoms with Crippen LogP contribution in [0.3, 0.4) is 0 Å². The van der Waals surface area contributed by atoms with E-state index in [2.05, 4.69) is 0 Å². The predicted molar refractivity (Wildman–Crippen MR) is 80.9 cm³/mol. The van der Waals surface area contributed by atoms with Gasteiger partial charge >= 0.3 is 5.97 Å². The minimum Gasteiger partial charge on any atom is -0.495 e. The van der Waals surface area contributed by atoms with Gasteiger partial charge < -0.3 is 9.47 Å². The molecule has 0 aliphatic rings. The third-order valence-corrected chi connectivity index (χ3v) is 4.42. The van der Waals surface area contributed by atoms with Gasteiger partial charge in [-0.3, -0.25) is 4.21 Å². The van der Waals surface area contributed by atoms with Gasteiger partial charge in [0.25, 0.3) is 0 Å². The first-order valence-corrected chi connectivity index (χ1v) is 7.67. The number of rotatable bonds is 5. The smallest absolute Gasteiger partial charge is 0.338 e. The van der Waals surface area contributed by atoms with E-state index in [1.54, 1.807) is 43.5 Å². The van der Waals surface area contributed by atoms with Gasteiger partial charge in [-0.2, -0.15) is 0 Å². The number of methoxy groups -OCH3 is 2. The molecule has 0 spiro atoms. The molecule has 1 unspecified atom stereocenters. The minimum absolute atomic E-state index is 0.228. The summed E-state index contributed by atoms with van der Waals surface area (Å²) in [5.74, 6) is 0.375. The summed E-state index contributed by atoms with van der Waals surface area (Å²) in [6.45, 7) is 0. The number of esters is 1. The van der Waals surface area contributed by atoms with E-state index in [0.29, 0.717) is 21.8 Å². The summed E-state index contributed by atoms with van der Waals surface area (Å²) in [6, 6.07) is 14.2. The summed E-state index contributed by atoms with van der Waals surface area (Å²) in [5, 5.41) is 0. The Bertz CT molecular complexity index is 667. The lowest BCUT2D eigenvalue weighted by Gasteiger charge is -2.10. The highest BCUT2D eigenvalue weighted by Crippen LogP contribution is 2.24. The highest BCUT2D eigenvalue weighted by Gasteiger charge is 2.16. The Morgan fingerprint density at radius 3 is 2.43 bits per heavy atom. The number of hydrogen-bond acceptors (Lipinski definition) is 4. The fraction of sp³-hybridized carbons (Fsp3) is 0.188. The molecule has 2 aromatic carbocycles. The number of hydrogen-bond donors (Lipinski definition) is 0. The Morgan fingerprint density at radius 2 is 1.71 bits per heavy atom. The first-order chi connectivity index (χ1) is 10.2. The zero-order chi connectivity index (χ0) is 15.2.